The summed E-state index contributed by atoms with van der Waals surface area (Å²) in [6.45, 7) is 6.28. The van der Waals surface area contributed by atoms with Gasteiger partial charge in [-0.25, -0.2) is 0 Å². The van der Waals surface area contributed by atoms with Gasteiger partial charge in [0.15, 0.2) is 0 Å². The molecule has 1 rings (SSSR count). The van der Waals surface area contributed by atoms with Gasteiger partial charge in [-0.1, -0.05) is 26.1 Å². The standard InChI is InChI=1S/C13H22N4S/c1-13(2,9-17(3)4)8-16-11-7-15-6-5-10(11)12(14)18/h5-7,16H,8-9H2,1-4H3,(H2,14,18). The molecule has 5 heteroatoms. The van der Waals surface area contributed by atoms with Gasteiger partial charge in [0.1, 0.15) is 4.99 Å². The third kappa shape index (κ3) is 4.58. The zero-order valence-electron chi connectivity index (χ0n) is 11.5. The lowest BCUT2D eigenvalue weighted by Crippen LogP contribution is -2.34. The predicted octanol–water partition coefficient (Wildman–Crippen LogP) is 1.72. The number of nitrogens with zero attached hydrogens (tertiary/aromatic N) is 2. The van der Waals surface area contributed by atoms with Crippen LogP contribution in [0, 0.1) is 5.41 Å². The van der Waals surface area contributed by atoms with Gasteiger partial charge in [0.2, 0.25) is 0 Å². The van der Waals surface area contributed by atoms with Crippen LogP contribution >= 0.6 is 12.2 Å². The van der Waals surface area contributed by atoms with Gasteiger partial charge < -0.3 is 16.0 Å². The van der Waals surface area contributed by atoms with E-state index in [1.807, 2.05) is 6.07 Å². The van der Waals surface area contributed by atoms with Gasteiger partial charge in [0.25, 0.3) is 0 Å². The molecular weight excluding hydrogens is 244 g/mol. The first-order valence-corrected chi connectivity index (χ1v) is 6.35. The molecule has 0 atom stereocenters. The van der Waals surface area contributed by atoms with Crippen molar-refractivity contribution >= 4 is 22.9 Å². The van der Waals surface area contributed by atoms with Crippen LogP contribution in [0.15, 0.2) is 18.5 Å². The summed E-state index contributed by atoms with van der Waals surface area (Å²) in [4.78, 5) is 6.68. The second-order valence-electron chi connectivity index (χ2n) is 5.54. The third-order valence-electron chi connectivity index (χ3n) is 2.59. The Kier molecular flexibility index (Phi) is 5.04. The van der Waals surface area contributed by atoms with Crippen molar-refractivity contribution in [3.05, 3.63) is 24.0 Å². The van der Waals surface area contributed by atoms with Gasteiger partial charge in [-0.05, 0) is 25.6 Å². The van der Waals surface area contributed by atoms with Crippen molar-refractivity contribution in [2.24, 2.45) is 11.1 Å². The summed E-state index contributed by atoms with van der Waals surface area (Å²) >= 11 is 5.03. The molecule has 0 saturated heterocycles. The topological polar surface area (TPSA) is 54.2 Å². The Morgan fingerprint density at radius 3 is 2.72 bits per heavy atom. The maximum Gasteiger partial charge on any atom is 0.106 e. The summed E-state index contributed by atoms with van der Waals surface area (Å²) in [5.41, 5.74) is 7.60. The minimum atomic E-state index is 0.160. The highest BCUT2D eigenvalue weighted by atomic mass is 32.1. The first-order chi connectivity index (χ1) is 8.32. The van der Waals surface area contributed by atoms with Crippen molar-refractivity contribution in [1.29, 1.82) is 0 Å². The van der Waals surface area contributed by atoms with Crippen LogP contribution in [0.5, 0.6) is 0 Å². The van der Waals surface area contributed by atoms with Crippen molar-refractivity contribution in [2.45, 2.75) is 13.8 Å². The molecule has 0 fully saturated rings. The molecule has 1 heterocycles. The van der Waals surface area contributed by atoms with Gasteiger partial charge in [-0.3, -0.25) is 4.98 Å². The van der Waals surface area contributed by atoms with Crippen molar-refractivity contribution in [2.75, 3.05) is 32.5 Å². The van der Waals surface area contributed by atoms with Crippen molar-refractivity contribution in [3.8, 4) is 0 Å². The van der Waals surface area contributed by atoms with Gasteiger partial charge >= 0.3 is 0 Å². The lowest BCUT2D eigenvalue weighted by Gasteiger charge is -2.29. The van der Waals surface area contributed by atoms with Crippen LogP contribution in [-0.4, -0.2) is 42.1 Å². The second-order valence-corrected chi connectivity index (χ2v) is 5.98. The molecule has 0 unspecified atom stereocenters. The normalized spacial score (nSPS) is 11.6. The molecule has 4 nitrogen and oxygen atoms in total. The molecule has 3 N–H and O–H groups in total. The lowest BCUT2D eigenvalue weighted by molar-refractivity contribution is 0.254. The van der Waals surface area contributed by atoms with Crippen LogP contribution in [0.25, 0.3) is 0 Å². The highest BCUT2D eigenvalue weighted by Gasteiger charge is 2.19. The Morgan fingerprint density at radius 1 is 1.50 bits per heavy atom. The number of aromatic nitrogens is 1. The second kappa shape index (κ2) is 6.11. The Bertz CT molecular complexity index is 415. The largest absolute Gasteiger partial charge is 0.389 e. The molecule has 1 aromatic heterocycles. The number of thiocarbonyl (C=S) groups is 1. The zero-order valence-corrected chi connectivity index (χ0v) is 12.3. The number of rotatable bonds is 6. The Morgan fingerprint density at radius 2 is 2.17 bits per heavy atom. The maximum absolute atomic E-state index is 5.69. The molecule has 0 spiro atoms. The number of nitrogens with one attached hydrogen (secondary N) is 1. The fourth-order valence-corrected chi connectivity index (χ4v) is 2.17. The van der Waals surface area contributed by atoms with E-state index in [1.165, 1.54) is 0 Å². The fraction of sp³-hybridized carbons (Fsp3) is 0.538. The highest BCUT2D eigenvalue weighted by molar-refractivity contribution is 7.80. The van der Waals surface area contributed by atoms with E-state index in [2.05, 4.69) is 43.1 Å². The molecule has 1 aromatic rings. The first kappa shape index (κ1) is 14.9. The van der Waals surface area contributed by atoms with E-state index in [4.69, 9.17) is 18.0 Å². The van der Waals surface area contributed by atoms with E-state index in [9.17, 15) is 0 Å². The molecule has 0 aliphatic heterocycles. The SMILES string of the molecule is CN(C)CC(C)(C)CNc1cnccc1C(N)=S. The van der Waals surface area contributed by atoms with Gasteiger partial charge in [-0.15, -0.1) is 0 Å². The van der Waals surface area contributed by atoms with Gasteiger partial charge in [-0.2, -0.15) is 0 Å². The Balaban J connectivity index is 2.71. The summed E-state index contributed by atoms with van der Waals surface area (Å²) in [6, 6.07) is 1.84. The van der Waals surface area contributed by atoms with E-state index in [-0.39, 0.29) is 5.41 Å². The van der Waals surface area contributed by atoms with Crippen LogP contribution in [0.2, 0.25) is 0 Å². The van der Waals surface area contributed by atoms with Crippen LogP contribution in [0.1, 0.15) is 19.4 Å². The first-order valence-electron chi connectivity index (χ1n) is 5.94. The number of anilines is 1. The molecule has 0 radical (unpaired) electrons. The van der Waals surface area contributed by atoms with E-state index in [1.54, 1.807) is 12.4 Å². The highest BCUT2D eigenvalue weighted by Crippen LogP contribution is 2.19. The minimum Gasteiger partial charge on any atom is -0.389 e. The summed E-state index contributed by atoms with van der Waals surface area (Å²) in [5, 5.41) is 3.38. The molecule has 18 heavy (non-hydrogen) atoms. The molecule has 0 aliphatic rings. The smallest absolute Gasteiger partial charge is 0.106 e. The Labute approximate surface area is 115 Å². The maximum atomic E-state index is 5.69. The fourth-order valence-electron chi connectivity index (χ4n) is 2.00. The summed E-state index contributed by atoms with van der Waals surface area (Å²) < 4.78 is 0. The molecule has 0 bridgehead atoms. The minimum absolute atomic E-state index is 0.160. The Hall–Kier alpha value is -1.20. The van der Waals surface area contributed by atoms with E-state index in [0.29, 0.717) is 4.99 Å². The number of hydrogen-bond donors (Lipinski definition) is 2. The van der Waals surface area contributed by atoms with Crippen LogP contribution in [0.3, 0.4) is 0 Å². The molecule has 0 amide bonds. The number of nitrogens with two attached hydrogens (primary N) is 1. The van der Waals surface area contributed by atoms with Crippen LogP contribution in [-0.2, 0) is 0 Å². The quantitative estimate of drug-likeness (QED) is 0.768. The predicted molar refractivity (Wildman–Crippen MR) is 80.9 cm³/mol. The van der Waals surface area contributed by atoms with Gasteiger partial charge in [0, 0.05) is 24.8 Å². The zero-order chi connectivity index (χ0) is 13.8. The average molecular weight is 266 g/mol. The van der Waals surface area contributed by atoms with E-state index < -0.39 is 0 Å². The summed E-state index contributed by atoms with van der Waals surface area (Å²) in [5.74, 6) is 0. The molecule has 0 aromatic carbocycles. The summed E-state index contributed by atoms with van der Waals surface area (Å²) in [7, 11) is 4.15. The molecular formula is C13H22N4S. The monoisotopic (exact) mass is 266 g/mol. The van der Waals surface area contributed by atoms with Crippen LogP contribution in [0.4, 0.5) is 5.69 Å². The van der Waals surface area contributed by atoms with Crippen molar-refractivity contribution < 1.29 is 0 Å². The van der Waals surface area contributed by atoms with E-state index in [0.717, 1.165) is 24.3 Å². The summed E-state index contributed by atoms with van der Waals surface area (Å²) in [6.07, 6.45) is 3.46. The average Bonchev–Trinajstić information content (AvgIpc) is 2.25. The molecule has 0 aliphatic carbocycles. The lowest BCUT2D eigenvalue weighted by atomic mass is 9.93. The van der Waals surface area contributed by atoms with Gasteiger partial charge in [0.05, 0.1) is 11.9 Å². The molecule has 0 saturated carbocycles. The number of pyridine rings is 1. The van der Waals surface area contributed by atoms with Crippen molar-refractivity contribution in [1.82, 2.24) is 9.88 Å². The van der Waals surface area contributed by atoms with Crippen molar-refractivity contribution in [3.63, 3.8) is 0 Å². The third-order valence-corrected chi connectivity index (χ3v) is 2.81. The van der Waals surface area contributed by atoms with Crippen LogP contribution < -0.4 is 11.1 Å². The number of hydrogen-bond acceptors (Lipinski definition) is 4. The van der Waals surface area contributed by atoms with E-state index >= 15 is 0 Å². The molecule has 100 valence electrons.